The first kappa shape index (κ1) is 7.63. The molecule has 2 aromatic rings. The Kier molecular flexibility index (Phi) is 1.59. The second-order valence-corrected chi connectivity index (χ2v) is 3.55. The van der Waals surface area contributed by atoms with Gasteiger partial charge in [0, 0.05) is 0 Å². The van der Waals surface area contributed by atoms with Crippen molar-refractivity contribution in [3.05, 3.63) is 10.8 Å². The lowest BCUT2D eigenvalue weighted by atomic mass is 10.4. The highest BCUT2D eigenvalue weighted by Crippen LogP contribution is 2.19. The van der Waals surface area contributed by atoms with Crippen molar-refractivity contribution in [2.45, 2.75) is 20.0 Å². The minimum atomic E-state index is -0.531. The van der Waals surface area contributed by atoms with E-state index in [1.807, 2.05) is 6.92 Å². The average Bonchev–Trinajstić information content (AvgIpc) is 2.53. The first-order valence-corrected chi connectivity index (χ1v) is 4.37. The smallest absolute Gasteiger partial charge is 0.234 e. The second kappa shape index (κ2) is 2.49. The SMILES string of the molecule is Cc1nnc2sc(C(C)O)nn12. The second-order valence-electron chi connectivity index (χ2n) is 2.56. The fourth-order valence-corrected chi connectivity index (χ4v) is 1.72. The molecule has 0 aromatic carbocycles. The van der Waals surface area contributed by atoms with Gasteiger partial charge in [-0.3, -0.25) is 0 Å². The zero-order valence-electron chi connectivity index (χ0n) is 6.72. The third kappa shape index (κ3) is 0.997. The van der Waals surface area contributed by atoms with Crippen LogP contribution in [0.1, 0.15) is 23.9 Å². The molecule has 5 nitrogen and oxygen atoms in total. The molecular weight excluding hydrogens is 176 g/mol. The van der Waals surface area contributed by atoms with Gasteiger partial charge >= 0.3 is 0 Å². The maximum atomic E-state index is 9.22. The van der Waals surface area contributed by atoms with Crippen LogP contribution in [0.5, 0.6) is 0 Å². The van der Waals surface area contributed by atoms with Gasteiger partial charge in [0.15, 0.2) is 5.82 Å². The van der Waals surface area contributed by atoms with Gasteiger partial charge in [-0.25, -0.2) is 0 Å². The molecule has 1 unspecified atom stereocenters. The molecule has 0 spiro atoms. The highest BCUT2D eigenvalue weighted by Gasteiger charge is 2.11. The molecule has 2 heterocycles. The van der Waals surface area contributed by atoms with Crippen molar-refractivity contribution in [1.29, 1.82) is 0 Å². The summed E-state index contributed by atoms with van der Waals surface area (Å²) >= 11 is 1.35. The number of hydrogen-bond acceptors (Lipinski definition) is 5. The lowest BCUT2D eigenvalue weighted by Gasteiger charge is -1.93. The van der Waals surface area contributed by atoms with Gasteiger partial charge < -0.3 is 5.11 Å². The predicted octanol–water partition coefficient (Wildman–Crippen LogP) is 0.548. The summed E-state index contributed by atoms with van der Waals surface area (Å²) < 4.78 is 1.63. The normalized spacial score (nSPS) is 13.9. The Bertz CT molecular complexity index is 405. The van der Waals surface area contributed by atoms with Gasteiger partial charge in [0.2, 0.25) is 4.96 Å². The van der Waals surface area contributed by atoms with Crippen LogP contribution < -0.4 is 0 Å². The molecule has 1 atom stereocenters. The topological polar surface area (TPSA) is 63.3 Å². The number of hydrogen-bond donors (Lipinski definition) is 1. The Labute approximate surface area is 72.7 Å². The first-order chi connectivity index (χ1) is 5.68. The van der Waals surface area contributed by atoms with Crippen LogP contribution in [0, 0.1) is 6.92 Å². The molecule has 2 aromatic heterocycles. The molecule has 6 heteroatoms. The van der Waals surface area contributed by atoms with Gasteiger partial charge in [-0.15, -0.1) is 10.2 Å². The van der Waals surface area contributed by atoms with Crippen LogP contribution in [0.4, 0.5) is 0 Å². The van der Waals surface area contributed by atoms with E-state index in [4.69, 9.17) is 0 Å². The van der Waals surface area contributed by atoms with Gasteiger partial charge in [0.25, 0.3) is 0 Å². The van der Waals surface area contributed by atoms with Crippen LogP contribution >= 0.6 is 11.3 Å². The van der Waals surface area contributed by atoms with Gasteiger partial charge in [-0.2, -0.15) is 9.61 Å². The molecule has 0 aliphatic heterocycles. The molecule has 0 amide bonds. The zero-order valence-corrected chi connectivity index (χ0v) is 7.54. The Morgan fingerprint density at radius 1 is 1.50 bits per heavy atom. The van der Waals surface area contributed by atoms with Crippen LogP contribution in [0.25, 0.3) is 4.96 Å². The summed E-state index contributed by atoms with van der Waals surface area (Å²) in [6.07, 6.45) is -0.531. The van der Waals surface area contributed by atoms with E-state index in [2.05, 4.69) is 15.3 Å². The fourth-order valence-electron chi connectivity index (χ4n) is 0.898. The van der Waals surface area contributed by atoms with E-state index in [0.29, 0.717) is 5.01 Å². The van der Waals surface area contributed by atoms with Crippen molar-refractivity contribution < 1.29 is 5.11 Å². The average molecular weight is 184 g/mol. The highest BCUT2D eigenvalue weighted by molar-refractivity contribution is 7.16. The van der Waals surface area contributed by atoms with Gasteiger partial charge in [0.05, 0.1) is 0 Å². The molecule has 0 bridgehead atoms. The number of aromatic nitrogens is 4. The molecule has 0 aliphatic carbocycles. The molecule has 64 valence electrons. The van der Waals surface area contributed by atoms with E-state index in [9.17, 15) is 5.11 Å². The third-order valence-electron chi connectivity index (χ3n) is 1.52. The lowest BCUT2D eigenvalue weighted by Crippen LogP contribution is -1.93. The van der Waals surface area contributed by atoms with Crippen molar-refractivity contribution in [3.8, 4) is 0 Å². The Balaban J connectivity index is 2.63. The largest absolute Gasteiger partial charge is 0.386 e. The molecule has 0 aliphatic rings. The molecule has 2 rings (SSSR count). The monoisotopic (exact) mass is 184 g/mol. The van der Waals surface area contributed by atoms with Crippen molar-refractivity contribution in [2.75, 3.05) is 0 Å². The predicted molar refractivity (Wildman–Crippen MR) is 44.0 cm³/mol. The molecule has 0 saturated heterocycles. The van der Waals surface area contributed by atoms with Crippen molar-refractivity contribution in [1.82, 2.24) is 19.8 Å². The number of aliphatic hydroxyl groups excluding tert-OH is 1. The quantitative estimate of drug-likeness (QED) is 0.703. The Morgan fingerprint density at radius 3 is 2.83 bits per heavy atom. The van der Waals surface area contributed by atoms with Crippen molar-refractivity contribution in [3.63, 3.8) is 0 Å². The van der Waals surface area contributed by atoms with E-state index < -0.39 is 6.10 Å². The number of nitrogens with zero attached hydrogens (tertiary/aromatic N) is 4. The van der Waals surface area contributed by atoms with E-state index in [0.717, 1.165) is 10.8 Å². The van der Waals surface area contributed by atoms with E-state index in [1.165, 1.54) is 11.3 Å². The maximum absolute atomic E-state index is 9.22. The van der Waals surface area contributed by atoms with Gasteiger partial charge in [-0.05, 0) is 13.8 Å². The van der Waals surface area contributed by atoms with Crippen LogP contribution in [-0.4, -0.2) is 24.9 Å². The molecule has 0 saturated carbocycles. The highest BCUT2D eigenvalue weighted by atomic mass is 32.1. The lowest BCUT2D eigenvalue weighted by molar-refractivity contribution is 0.197. The van der Waals surface area contributed by atoms with Crippen LogP contribution in [-0.2, 0) is 0 Å². The van der Waals surface area contributed by atoms with Crippen molar-refractivity contribution >= 4 is 16.3 Å². The van der Waals surface area contributed by atoms with Crippen LogP contribution in [0.2, 0.25) is 0 Å². The minimum absolute atomic E-state index is 0.531. The number of rotatable bonds is 1. The summed E-state index contributed by atoms with van der Waals surface area (Å²) in [7, 11) is 0. The van der Waals surface area contributed by atoms with E-state index >= 15 is 0 Å². The molecule has 0 fully saturated rings. The first-order valence-electron chi connectivity index (χ1n) is 3.55. The fraction of sp³-hybridized carbons (Fsp3) is 0.500. The summed E-state index contributed by atoms with van der Waals surface area (Å²) in [5.74, 6) is 0.744. The Morgan fingerprint density at radius 2 is 2.25 bits per heavy atom. The minimum Gasteiger partial charge on any atom is -0.386 e. The van der Waals surface area contributed by atoms with Crippen LogP contribution in [0.15, 0.2) is 0 Å². The standard InChI is InChI=1S/C6H8N4OS/c1-3(11)5-9-10-4(2)7-8-6(10)12-5/h3,11H,1-2H3. The zero-order chi connectivity index (χ0) is 8.72. The number of aliphatic hydroxyl groups is 1. The summed E-state index contributed by atoms with van der Waals surface area (Å²) in [4.78, 5) is 0.725. The number of fused-ring (bicyclic) bond motifs is 1. The summed E-state index contributed by atoms with van der Waals surface area (Å²) in [5.41, 5.74) is 0. The Hall–Kier alpha value is -1.01. The van der Waals surface area contributed by atoms with E-state index in [1.54, 1.807) is 11.4 Å². The molecular formula is C6H8N4OS. The summed E-state index contributed by atoms with van der Waals surface area (Å²) in [5, 5.41) is 21.7. The molecule has 0 radical (unpaired) electrons. The maximum Gasteiger partial charge on any atom is 0.234 e. The summed E-state index contributed by atoms with van der Waals surface area (Å²) in [6.45, 7) is 3.51. The van der Waals surface area contributed by atoms with Gasteiger partial charge in [0.1, 0.15) is 11.1 Å². The molecule has 1 N–H and O–H groups in total. The van der Waals surface area contributed by atoms with Crippen molar-refractivity contribution in [2.24, 2.45) is 0 Å². The summed E-state index contributed by atoms with van der Waals surface area (Å²) in [6, 6.07) is 0. The van der Waals surface area contributed by atoms with E-state index in [-0.39, 0.29) is 0 Å². The third-order valence-corrected chi connectivity index (χ3v) is 2.59. The molecule has 12 heavy (non-hydrogen) atoms. The van der Waals surface area contributed by atoms with Gasteiger partial charge in [-0.1, -0.05) is 11.3 Å². The number of aryl methyl sites for hydroxylation is 1. The van der Waals surface area contributed by atoms with Crippen LogP contribution in [0.3, 0.4) is 0 Å².